The summed E-state index contributed by atoms with van der Waals surface area (Å²) in [6.45, 7) is 5.11. The van der Waals surface area contributed by atoms with Crippen molar-refractivity contribution in [2.24, 2.45) is 0 Å². The van der Waals surface area contributed by atoms with Gasteiger partial charge in [0.15, 0.2) is 11.6 Å². The lowest BCUT2D eigenvalue weighted by atomic mass is 10.1. The van der Waals surface area contributed by atoms with Crippen molar-refractivity contribution in [2.75, 3.05) is 31.6 Å². The van der Waals surface area contributed by atoms with Crippen molar-refractivity contribution in [3.8, 4) is 16.9 Å². The Morgan fingerprint density at radius 2 is 2.06 bits per heavy atom. The molecule has 1 fully saturated rings. The number of carbonyl (C=O) groups excluding carboxylic acids is 1. The second-order valence-electron chi connectivity index (χ2n) is 7.01. The van der Waals surface area contributed by atoms with E-state index in [2.05, 4.69) is 24.3 Å². The number of nitrogens with one attached hydrogen (secondary N) is 1. The summed E-state index contributed by atoms with van der Waals surface area (Å²) >= 11 is 1.06. The molecule has 0 atom stereocenters. The molecule has 1 aliphatic heterocycles. The van der Waals surface area contributed by atoms with E-state index in [1.54, 1.807) is 13.0 Å². The van der Waals surface area contributed by atoms with Gasteiger partial charge in [-0.3, -0.25) is 15.0 Å². The first-order chi connectivity index (χ1) is 15.3. The molecule has 1 N–H and O–H groups in total. The van der Waals surface area contributed by atoms with Gasteiger partial charge in [0.25, 0.3) is 5.91 Å². The van der Waals surface area contributed by atoms with Gasteiger partial charge in [-0.15, -0.1) is 13.2 Å². The Hall–Kier alpha value is -2.96. The molecule has 0 unspecified atom stereocenters. The van der Waals surface area contributed by atoms with E-state index < -0.39 is 12.3 Å². The lowest BCUT2D eigenvalue weighted by molar-refractivity contribution is -0.274. The van der Waals surface area contributed by atoms with Crippen molar-refractivity contribution in [1.82, 2.24) is 14.3 Å². The summed E-state index contributed by atoms with van der Waals surface area (Å²) in [6, 6.07) is 6.93. The van der Waals surface area contributed by atoms with Crippen LogP contribution in [-0.4, -0.2) is 52.8 Å². The molecule has 0 radical (unpaired) electrons. The van der Waals surface area contributed by atoms with Gasteiger partial charge in [0.05, 0.1) is 19.8 Å². The van der Waals surface area contributed by atoms with E-state index in [-0.39, 0.29) is 11.5 Å². The number of anilines is 1. The number of ether oxygens (including phenoxy) is 2. The highest BCUT2D eigenvalue weighted by Gasteiger charge is 2.31. The molecule has 170 valence electrons. The van der Waals surface area contributed by atoms with Crippen LogP contribution < -0.4 is 10.1 Å². The summed E-state index contributed by atoms with van der Waals surface area (Å²) < 4.78 is 56.5. The summed E-state index contributed by atoms with van der Waals surface area (Å²) in [6.07, 6.45) is -4.79. The van der Waals surface area contributed by atoms with Crippen LogP contribution in [0, 0.1) is 6.92 Å². The normalized spacial score (nSPS) is 15.0. The quantitative estimate of drug-likeness (QED) is 0.583. The third-order valence-corrected chi connectivity index (χ3v) is 5.35. The Bertz CT molecular complexity index is 1090. The molecule has 3 aromatic rings. The van der Waals surface area contributed by atoms with Gasteiger partial charge in [0.2, 0.25) is 5.13 Å². The molecule has 3 heterocycles. The fourth-order valence-corrected chi connectivity index (χ4v) is 3.80. The average molecular weight is 468 g/mol. The molecular weight excluding hydrogens is 449 g/mol. The molecule has 0 spiro atoms. The van der Waals surface area contributed by atoms with Crippen molar-refractivity contribution in [1.29, 1.82) is 0 Å². The Labute approximate surface area is 185 Å². The van der Waals surface area contributed by atoms with E-state index in [1.165, 1.54) is 24.3 Å². The number of alkyl halides is 3. The van der Waals surface area contributed by atoms with Crippen LogP contribution >= 0.6 is 11.5 Å². The van der Waals surface area contributed by atoms with E-state index >= 15 is 0 Å². The molecule has 32 heavy (non-hydrogen) atoms. The van der Waals surface area contributed by atoms with Gasteiger partial charge >= 0.3 is 6.36 Å². The molecule has 0 saturated carbocycles. The largest absolute Gasteiger partial charge is 0.573 e. The number of benzene rings is 1. The van der Waals surface area contributed by atoms with Crippen LogP contribution in [0.5, 0.6) is 5.75 Å². The number of aryl methyl sites for hydroxylation is 1. The number of furan rings is 1. The van der Waals surface area contributed by atoms with Crippen LogP contribution in [0.4, 0.5) is 18.3 Å². The van der Waals surface area contributed by atoms with Gasteiger partial charge in [-0.2, -0.15) is 4.37 Å². The minimum Gasteiger partial charge on any atom is -0.456 e. The van der Waals surface area contributed by atoms with Crippen LogP contribution in [-0.2, 0) is 11.3 Å². The molecule has 1 aromatic carbocycles. The van der Waals surface area contributed by atoms with Crippen LogP contribution in [0.25, 0.3) is 11.1 Å². The summed E-state index contributed by atoms with van der Waals surface area (Å²) in [5.74, 6) is 0.0959. The van der Waals surface area contributed by atoms with Crippen molar-refractivity contribution in [3.05, 3.63) is 47.7 Å². The third-order valence-electron chi connectivity index (χ3n) is 4.68. The van der Waals surface area contributed by atoms with Crippen LogP contribution in [0.2, 0.25) is 0 Å². The summed E-state index contributed by atoms with van der Waals surface area (Å²) in [5.41, 5.74) is 0.906. The molecule has 8 nitrogen and oxygen atoms in total. The fourth-order valence-electron chi connectivity index (χ4n) is 3.23. The van der Waals surface area contributed by atoms with Gasteiger partial charge in [-0.25, -0.2) is 4.98 Å². The zero-order chi connectivity index (χ0) is 22.7. The highest BCUT2D eigenvalue weighted by molar-refractivity contribution is 7.09. The minimum atomic E-state index is -4.79. The maximum atomic E-state index is 12.6. The third kappa shape index (κ3) is 5.64. The smallest absolute Gasteiger partial charge is 0.456 e. The second-order valence-corrected chi connectivity index (χ2v) is 7.77. The lowest BCUT2D eigenvalue weighted by Gasteiger charge is -2.25. The number of aromatic nitrogens is 2. The predicted molar refractivity (Wildman–Crippen MR) is 110 cm³/mol. The number of halogens is 3. The monoisotopic (exact) mass is 468 g/mol. The van der Waals surface area contributed by atoms with Gasteiger partial charge in [0, 0.05) is 30.2 Å². The predicted octanol–water partition coefficient (Wildman–Crippen LogP) is 4.09. The van der Waals surface area contributed by atoms with E-state index in [1.807, 2.05) is 0 Å². The van der Waals surface area contributed by atoms with E-state index in [4.69, 9.17) is 9.15 Å². The number of hydrogen-bond acceptors (Lipinski definition) is 8. The number of morpholine rings is 1. The van der Waals surface area contributed by atoms with Gasteiger partial charge in [0.1, 0.15) is 11.5 Å². The van der Waals surface area contributed by atoms with Gasteiger partial charge in [-0.05, 0) is 30.7 Å². The first-order valence-electron chi connectivity index (χ1n) is 9.67. The second kappa shape index (κ2) is 9.27. The average Bonchev–Trinajstić information content (AvgIpc) is 3.34. The zero-order valence-corrected chi connectivity index (χ0v) is 17.8. The Morgan fingerprint density at radius 1 is 1.28 bits per heavy atom. The molecule has 12 heteroatoms. The summed E-state index contributed by atoms with van der Waals surface area (Å²) in [5, 5.41) is 2.97. The number of carbonyl (C=O) groups is 1. The SMILES string of the molecule is Cc1oc(C(=O)Nc2nc(CN3CCOCC3)ns2)cc1-c1cccc(OC(F)(F)F)c1. The Morgan fingerprint density at radius 3 is 2.81 bits per heavy atom. The number of amides is 1. The molecule has 1 saturated heterocycles. The lowest BCUT2D eigenvalue weighted by Crippen LogP contribution is -2.35. The number of rotatable bonds is 6. The number of hydrogen-bond donors (Lipinski definition) is 1. The van der Waals surface area contributed by atoms with Crippen molar-refractivity contribution in [2.45, 2.75) is 19.8 Å². The standard InChI is InChI=1S/C20H19F3N4O4S/c1-12-15(13-3-2-4-14(9-13)31-20(21,22)23)10-16(30-12)18(28)25-19-24-17(26-32-19)11-27-5-7-29-8-6-27/h2-4,9-10H,5-8,11H2,1H3,(H,24,25,26,28). The van der Waals surface area contributed by atoms with E-state index in [9.17, 15) is 18.0 Å². The molecule has 2 aromatic heterocycles. The molecule has 1 amide bonds. The minimum absolute atomic E-state index is 0.00423. The summed E-state index contributed by atoms with van der Waals surface area (Å²) in [7, 11) is 0. The van der Waals surface area contributed by atoms with E-state index in [0.717, 1.165) is 24.6 Å². The Kier molecular flexibility index (Phi) is 6.44. The number of nitrogens with zero attached hydrogens (tertiary/aromatic N) is 3. The zero-order valence-electron chi connectivity index (χ0n) is 16.9. The van der Waals surface area contributed by atoms with Crippen molar-refractivity contribution >= 4 is 22.6 Å². The molecule has 1 aliphatic rings. The fraction of sp³-hybridized carbons (Fsp3) is 0.350. The highest BCUT2D eigenvalue weighted by atomic mass is 32.1. The van der Waals surface area contributed by atoms with Crippen molar-refractivity contribution in [3.63, 3.8) is 0 Å². The highest BCUT2D eigenvalue weighted by Crippen LogP contribution is 2.31. The molecular formula is C20H19F3N4O4S. The topological polar surface area (TPSA) is 89.7 Å². The molecule has 0 aliphatic carbocycles. The molecule has 4 rings (SSSR count). The molecule has 0 bridgehead atoms. The van der Waals surface area contributed by atoms with Gasteiger partial charge in [-0.1, -0.05) is 12.1 Å². The maximum absolute atomic E-state index is 12.6. The first kappa shape index (κ1) is 22.2. The maximum Gasteiger partial charge on any atom is 0.573 e. The summed E-state index contributed by atoms with van der Waals surface area (Å²) in [4.78, 5) is 19.1. The first-order valence-corrected chi connectivity index (χ1v) is 10.4. The van der Waals surface area contributed by atoms with Gasteiger partial charge < -0.3 is 13.9 Å². The van der Waals surface area contributed by atoms with E-state index in [0.29, 0.717) is 47.6 Å². The van der Waals surface area contributed by atoms with Crippen LogP contribution in [0.1, 0.15) is 22.1 Å². The Balaban J connectivity index is 1.44. The van der Waals surface area contributed by atoms with Crippen molar-refractivity contribution < 1.29 is 31.9 Å². The van der Waals surface area contributed by atoms with Crippen LogP contribution in [0.3, 0.4) is 0 Å². The van der Waals surface area contributed by atoms with Crippen LogP contribution in [0.15, 0.2) is 34.7 Å².